The Morgan fingerprint density at radius 1 is 1.61 bits per heavy atom. The van der Waals surface area contributed by atoms with E-state index in [9.17, 15) is 4.79 Å². The molecule has 0 unspecified atom stereocenters. The van der Waals surface area contributed by atoms with Crippen LogP contribution in [0, 0.1) is 6.92 Å². The summed E-state index contributed by atoms with van der Waals surface area (Å²) in [6.07, 6.45) is 2.91. The summed E-state index contributed by atoms with van der Waals surface area (Å²) < 4.78 is 4.71. The van der Waals surface area contributed by atoms with Gasteiger partial charge in [0.2, 0.25) is 5.95 Å². The van der Waals surface area contributed by atoms with Crippen molar-refractivity contribution in [3.05, 3.63) is 29.9 Å². The lowest BCUT2D eigenvalue weighted by Gasteiger charge is -2.08. The molecule has 0 aromatic carbocycles. The van der Waals surface area contributed by atoms with Gasteiger partial charge < -0.3 is 21.1 Å². The summed E-state index contributed by atoms with van der Waals surface area (Å²) in [7, 11) is 1.38. The average molecular weight is 267 g/mol. The van der Waals surface area contributed by atoms with Crippen molar-refractivity contribution < 1.29 is 9.53 Å². The van der Waals surface area contributed by atoms with Gasteiger partial charge in [-0.15, -0.1) is 0 Å². The number of ether oxygens (including phenoxy) is 1. The van der Waals surface area contributed by atoms with Crippen LogP contribution in [0.15, 0.2) is 24.2 Å². The van der Waals surface area contributed by atoms with E-state index in [-0.39, 0.29) is 10.9 Å². The van der Waals surface area contributed by atoms with Crippen LogP contribution in [0.5, 0.6) is 0 Å². The molecule has 0 bridgehead atoms. The molecule has 0 saturated heterocycles. The molecule has 0 aliphatic heterocycles. The molecule has 18 heavy (non-hydrogen) atoms. The summed E-state index contributed by atoms with van der Waals surface area (Å²) in [4.78, 5) is 19.2. The Morgan fingerprint density at radius 2 is 2.33 bits per heavy atom. The number of thiocarbonyl (C=S) groups is 1. The molecule has 0 aliphatic carbocycles. The summed E-state index contributed by atoms with van der Waals surface area (Å²) in [5.41, 5.74) is 6.01. The molecule has 1 heterocycles. The number of anilines is 1. The summed E-state index contributed by atoms with van der Waals surface area (Å²) in [6.45, 7) is 1.82. The fourth-order valence-electron chi connectivity index (χ4n) is 0.985. The van der Waals surface area contributed by atoms with Crippen molar-refractivity contribution in [3.8, 4) is 0 Å². The van der Waals surface area contributed by atoms with E-state index in [1.807, 2.05) is 6.92 Å². The van der Waals surface area contributed by atoms with Crippen molar-refractivity contribution in [3.63, 3.8) is 0 Å². The van der Waals surface area contributed by atoms with Crippen LogP contribution >= 0.6 is 12.2 Å². The van der Waals surface area contributed by atoms with Gasteiger partial charge in [-0.3, -0.25) is 4.79 Å². The van der Waals surface area contributed by atoms with Gasteiger partial charge in [0, 0.05) is 18.1 Å². The monoisotopic (exact) mass is 267 g/mol. The van der Waals surface area contributed by atoms with Crippen LogP contribution in [0.25, 0.3) is 0 Å². The molecule has 1 aromatic heterocycles. The van der Waals surface area contributed by atoms with Crippen molar-refractivity contribution in [2.45, 2.75) is 6.92 Å². The zero-order chi connectivity index (χ0) is 13.5. The maximum absolute atomic E-state index is 11.1. The van der Waals surface area contributed by atoms with Crippen LogP contribution in [0.2, 0.25) is 0 Å². The lowest BCUT2D eigenvalue weighted by atomic mass is 10.4. The Balaban J connectivity index is 2.77. The molecule has 96 valence electrons. The van der Waals surface area contributed by atoms with E-state index >= 15 is 0 Å². The number of carbonyl (C=O) groups excluding carboxylic acids is 1. The van der Waals surface area contributed by atoms with Crippen LogP contribution in [0.1, 0.15) is 5.69 Å². The van der Waals surface area contributed by atoms with Crippen LogP contribution in [-0.4, -0.2) is 28.2 Å². The Morgan fingerprint density at radius 3 is 2.89 bits per heavy atom. The van der Waals surface area contributed by atoms with E-state index in [4.69, 9.17) is 22.7 Å². The summed E-state index contributed by atoms with van der Waals surface area (Å²) in [5, 5.41) is 5.30. The highest BCUT2D eigenvalue weighted by Gasteiger charge is 2.07. The molecular weight excluding hydrogens is 254 g/mol. The van der Waals surface area contributed by atoms with E-state index < -0.39 is 5.91 Å². The zero-order valence-corrected chi connectivity index (χ0v) is 10.7. The molecule has 0 radical (unpaired) electrons. The maximum atomic E-state index is 11.1. The fraction of sp³-hybridized carbons (Fsp3) is 0.200. The molecule has 4 N–H and O–H groups in total. The molecule has 0 aliphatic rings. The van der Waals surface area contributed by atoms with Crippen LogP contribution < -0.4 is 16.4 Å². The third-order valence-corrected chi connectivity index (χ3v) is 2.10. The first-order valence-electron chi connectivity index (χ1n) is 4.94. The quantitative estimate of drug-likeness (QED) is 0.523. The number of nitrogens with two attached hydrogens (primary N) is 1. The van der Waals surface area contributed by atoms with Gasteiger partial charge in [-0.25, -0.2) is 9.97 Å². The minimum Gasteiger partial charge on any atom is -0.474 e. The highest BCUT2D eigenvalue weighted by molar-refractivity contribution is 7.80. The number of hydrogen-bond donors (Lipinski definition) is 3. The second kappa shape index (κ2) is 6.50. The van der Waals surface area contributed by atoms with Crippen molar-refractivity contribution in [1.82, 2.24) is 15.3 Å². The molecule has 8 heteroatoms. The van der Waals surface area contributed by atoms with Crippen molar-refractivity contribution in [2.75, 3.05) is 12.4 Å². The first-order chi connectivity index (χ1) is 8.52. The van der Waals surface area contributed by atoms with Crippen molar-refractivity contribution >= 4 is 29.2 Å². The van der Waals surface area contributed by atoms with Crippen LogP contribution in [0.3, 0.4) is 0 Å². The lowest BCUT2D eigenvalue weighted by Crippen LogP contribution is -2.31. The minimum absolute atomic E-state index is 0.0343. The predicted octanol–water partition coefficient (Wildman–Crippen LogP) is 0.0445. The SMILES string of the molecule is COC(=S)N/C(=C/Nc1nccc(C)n1)C(N)=O. The molecule has 1 rings (SSSR count). The summed E-state index contributed by atoms with van der Waals surface area (Å²) in [5.74, 6) is -0.339. The third-order valence-electron chi connectivity index (χ3n) is 1.83. The number of hydrogen-bond acceptors (Lipinski definition) is 6. The number of carbonyl (C=O) groups is 1. The molecule has 1 aromatic rings. The van der Waals surface area contributed by atoms with Crippen molar-refractivity contribution in [1.29, 1.82) is 0 Å². The highest BCUT2D eigenvalue weighted by Crippen LogP contribution is 2.00. The predicted molar refractivity (Wildman–Crippen MR) is 70.4 cm³/mol. The number of rotatable bonds is 4. The number of methoxy groups -OCH3 is 1. The minimum atomic E-state index is -0.686. The molecule has 0 atom stereocenters. The smallest absolute Gasteiger partial charge is 0.266 e. The van der Waals surface area contributed by atoms with Crippen LogP contribution in [0.4, 0.5) is 5.95 Å². The van der Waals surface area contributed by atoms with Gasteiger partial charge in [-0.05, 0) is 25.2 Å². The summed E-state index contributed by atoms with van der Waals surface area (Å²) in [6, 6.07) is 1.75. The number of aromatic nitrogens is 2. The van der Waals surface area contributed by atoms with Crippen molar-refractivity contribution in [2.24, 2.45) is 5.73 Å². The third kappa shape index (κ3) is 4.34. The number of amides is 1. The zero-order valence-electron chi connectivity index (χ0n) is 9.93. The molecule has 7 nitrogen and oxygen atoms in total. The van der Waals surface area contributed by atoms with E-state index in [0.717, 1.165) is 5.69 Å². The first kappa shape index (κ1) is 13.8. The van der Waals surface area contributed by atoms with Crippen LogP contribution in [-0.2, 0) is 9.53 Å². The van der Waals surface area contributed by atoms with Gasteiger partial charge in [0.05, 0.1) is 7.11 Å². The molecule has 0 spiro atoms. The Hall–Kier alpha value is -2.22. The Kier molecular flexibility index (Phi) is 5.00. The van der Waals surface area contributed by atoms with Gasteiger partial charge in [-0.1, -0.05) is 0 Å². The highest BCUT2D eigenvalue weighted by atomic mass is 32.1. The normalized spacial score (nSPS) is 10.7. The summed E-state index contributed by atoms with van der Waals surface area (Å²) >= 11 is 4.76. The Labute approximate surface area is 109 Å². The topological polar surface area (TPSA) is 102 Å². The number of primary amides is 1. The first-order valence-corrected chi connectivity index (χ1v) is 5.35. The molecular formula is C10H13N5O2S. The van der Waals surface area contributed by atoms with E-state index in [0.29, 0.717) is 5.95 Å². The Bertz CT molecular complexity index is 489. The van der Waals surface area contributed by atoms with Gasteiger partial charge in [0.25, 0.3) is 11.1 Å². The fourth-order valence-corrected chi connectivity index (χ4v) is 1.09. The molecule has 0 fully saturated rings. The number of aryl methyl sites for hydroxylation is 1. The maximum Gasteiger partial charge on any atom is 0.266 e. The van der Waals surface area contributed by atoms with Gasteiger partial charge >= 0.3 is 0 Å². The molecule has 1 amide bonds. The van der Waals surface area contributed by atoms with E-state index in [1.54, 1.807) is 12.3 Å². The van der Waals surface area contributed by atoms with E-state index in [2.05, 4.69) is 20.6 Å². The van der Waals surface area contributed by atoms with Gasteiger partial charge in [0.15, 0.2) is 0 Å². The number of nitrogens with zero attached hydrogens (tertiary/aromatic N) is 2. The number of nitrogens with one attached hydrogen (secondary N) is 2. The van der Waals surface area contributed by atoms with E-state index in [1.165, 1.54) is 13.3 Å². The molecule has 0 saturated carbocycles. The lowest BCUT2D eigenvalue weighted by molar-refractivity contribution is -0.114. The van der Waals surface area contributed by atoms with Gasteiger partial charge in [0.1, 0.15) is 5.70 Å². The second-order valence-corrected chi connectivity index (χ2v) is 3.58. The van der Waals surface area contributed by atoms with Gasteiger partial charge in [-0.2, -0.15) is 0 Å². The average Bonchev–Trinajstić information content (AvgIpc) is 2.33. The largest absolute Gasteiger partial charge is 0.474 e. The second-order valence-electron chi connectivity index (χ2n) is 3.20. The standard InChI is InChI=1S/C10H13N5O2S/c1-6-3-4-12-9(14-6)13-5-7(8(11)16)15-10(18)17-2/h3-5H,1-2H3,(H2,11,16)(H,15,18)(H,12,13,14)/b7-5+.